The van der Waals surface area contributed by atoms with Gasteiger partial charge in [-0.15, -0.1) is 0 Å². The summed E-state index contributed by atoms with van der Waals surface area (Å²) in [6.07, 6.45) is 0. The summed E-state index contributed by atoms with van der Waals surface area (Å²) in [7, 11) is 0. The smallest absolute Gasteiger partial charge is 0.258 e. The maximum absolute atomic E-state index is 11.9. The Morgan fingerprint density at radius 1 is 1.40 bits per heavy atom. The molecule has 0 bridgehead atoms. The van der Waals surface area contributed by atoms with Gasteiger partial charge in [0.15, 0.2) is 4.32 Å². The first kappa shape index (κ1) is 10.4. The van der Waals surface area contributed by atoms with Crippen molar-refractivity contribution in [2.24, 2.45) is 0 Å². The van der Waals surface area contributed by atoms with E-state index in [1.165, 1.54) is 16.8 Å². The van der Waals surface area contributed by atoms with Gasteiger partial charge >= 0.3 is 0 Å². The summed E-state index contributed by atoms with van der Waals surface area (Å²) >= 11 is 6.45. The number of carbonyl (C=O) groups is 1. The van der Waals surface area contributed by atoms with E-state index in [2.05, 4.69) is 5.43 Å². The lowest BCUT2D eigenvalue weighted by molar-refractivity contribution is -0.118. The van der Waals surface area contributed by atoms with Crippen molar-refractivity contribution >= 4 is 39.9 Å². The van der Waals surface area contributed by atoms with E-state index in [0.717, 1.165) is 5.69 Å². The maximum atomic E-state index is 11.9. The molecule has 3 nitrogen and oxygen atoms in total. The summed E-state index contributed by atoms with van der Waals surface area (Å²) in [6.45, 7) is 1.86. The lowest BCUT2D eigenvalue weighted by atomic mass is 10.3. The molecule has 0 aromatic heterocycles. The summed E-state index contributed by atoms with van der Waals surface area (Å²) in [5, 5.41) is 1.38. The van der Waals surface area contributed by atoms with E-state index in [-0.39, 0.29) is 11.2 Å². The molecule has 5 heteroatoms. The number of nitrogens with zero attached hydrogens (tertiary/aromatic N) is 1. The standard InChI is InChI=1S/C10H10N2OS2/c1-7-9(13)12(11-10(14)15-7)8-5-3-2-4-6-8/h2-7H,1H3,(H,11,14). The molecule has 1 aliphatic heterocycles. The third-order valence-electron chi connectivity index (χ3n) is 2.07. The number of carbonyl (C=O) groups excluding carboxylic acids is 1. The highest BCUT2D eigenvalue weighted by atomic mass is 32.2. The molecule has 15 heavy (non-hydrogen) atoms. The van der Waals surface area contributed by atoms with Crippen LogP contribution in [0.3, 0.4) is 0 Å². The number of thiocarbonyl (C=S) groups is 1. The fraction of sp³-hybridized carbons (Fsp3) is 0.200. The summed E-state index contributed by atoms with van der Waals surface area (Å²) in [5.74, 6) is 0.0276. The van der Waals surface area contributed by atoms with Crippen LogP contribution in [0, 0.1) is 0 Å². The Bertz CT molecular complexity index is 394. The number of rotatable bonds is 1. The molecule has 2 rings (SSSR count). The van der Waals surface area contributed by atoms with Crippen LogP contribution in [0.2, 0.25) is 0 Å². The van der Waals surface area contributed by atoms with E-state index in [1.54, 1.807) is 0 Å². The van der Waals surface area contributed by atoms with Crippen LogP contribution in [-0.4, -0.2) is 15.5 Å². The molecule has 1 fully saturated rings. The van der Waals surface area contributed by atoms with Gasteiger partial charge in [0, 0.05) is 0 Å². The Balaban J connectivity index is 2.28. The molecule has 1 atom stereocenters. The summed E-state index contributed by atoms with van der Waals surface area (Å²) in [6, 6.07) is 9.43. The zero-order valence-electron chi connectivity index (χ0n) is 8.14. The van der Waals surface area contributed by atoms with Crippen molar-refractivity contribution in [2.45, 2.75) is 12.2 Å². The van der Waals surface area contributed by atoms with Gasteiger partial charge in [-0.1, -0.05) is 42.2 Å². The van der Waals surface area contributed by atoms with Crippen LogP contribution >= 0.6 is 24.0 Å². The van der Waals surface area contributed by atoms with Gasteiger partial charge < -0.3 is 0 Å². The predicted molar refractivity (Wildman–Crippen MR) is 66.7 cm³/mol. The largest absolute Gasteiger partial charge is 0.275 e. The minimum atomic E-state index is -0.126. The molecule has 1 aliphatic rings. The minimum Gasteiger partial charge on any atom is -0.275 e. The third-order valence-corrected chi connectivity index (χ3v) is 3.31. The van der Waals surface area contributed by atoms with Crippen LogP contribution in [-0.2, 0) is 4.79 Å². The fourth-order valence-electron chi connectivity index (χ4n) is 1.33. The van der Waals surface area contributed by atoms with Gasteiger partial charge in [0.1, 0.15) is 0 Å². The number of hydrazine groups is 1. The predicted octanol–water partition coefficient (Wildman–Crippen LogP) is 1.94. The van der Waals surface area contributed by atoms with E-state index in [1.807, 2.05) is 37.3 Å². The Kier molecular flexibility index (Phi) is 2.93. The zero-order chi connectivity index (χ0) is 10.8. The highest BCUT2D eigenvalue weighted by Gasteiger charge is 2.29. The first-order valence-electron chi connectivity index (χ1n) is 4.55. The maximum Gasteiger partial charge on any atom is 0.258 e. The van der Waals surface area contributed by atoms with Gasteiger partial charge in [-0.2, -0.15) is 0 Å². The number of nitrogens with one attached hydrogen (secondary N) is 1. The number of anilines is 1. The molecular weight excluding hydrogens is 228 g/mol. The molecular formula is C10H10N2OS2. The van der Waals surface area contributed by atoms with Gasteiger partial charge in [-0.25, -0.2) is 5.01 Å². The topological polar surface area (TPSA) is 32.3 Å². The van der Waals surface area contributed by atoms with Crippen molar-refractivity contribution in [3.05, 3.63) is 30.3 Å². The van der Waals surface area contributed by atoms with Gasteiger partial charge in [-0.3, -0.25) is 10.2 Å². The van der Waals surface area contributed by atoms with E-state index in [9.17, 15) is 4.79 Å². The van der Waals surface area contributed by atoms with Gasteiger partial charge in [0.05, 0.1) is 10.9 Å². The molecule has 1 aromatic rings. The number of benzene rings is 1. The number of thioether (sulfide) groups is 1. The number of amides is 1. The first-order chi connectivity index (χ1) is 7.18. The molecule has 78 valence electrons. The lowest BCUT2D eigenvalue weighted by Gasteiger charge is -2.31. The van der Waals surface area contributed by atoms with E-state index in [0.29, 0.717) is 4.32 Å². The molecule has 0 aliphatic carbocycles. The highest BCUT2D eigenvalue weighted by molar-refractivity contribution is 8.23. The van der Waals surface area contributed by atoms with Crippen molar-refractivity contribution in [1.29, 1.82) is 0 Å². The quantitative estimate of drug-likeness (QED) is 0.758. The first-order valence-corrected chi connectivity index (χ1v) is 5.83. The molecule has 0 saturated carbocycles. The average Bonchev–Trinajstić information content (AvgIpc) is 2.24. The van der Waals surface area contributed by atoms with Crippen LogP contribution in [0.25, 0.3) is 0 Å². The van der Waals surface area contributed by atoms with E-state index >= 15 is 0 Å². The van der Waals surface area contributed by atoms with Gasteiger partial charge in [0.2, 0.25) is 0 Å². The Hall–Kier alpha value is -1.07. The van der Waals surface area contributed by atoms with Crippen molar-refractivity contribution in [3.63, 3.8) is 0 Å². The van der Waals surface area contributed by atoms with Gasteiger partial charge in [-0.05, 0) is 19.1 Å². The molecule has 1 unspecified atom stereocenters. The lowest BCUT2D eigenvalue weighted by Crippen LogP contribution is -2.52. The molecule has 0 radical (unpaired) electrons. The van der Waals surface area contributed by atoms with Crippen molar-refractivity contribution in [3.8, 4) is 0 Å². The SMILES string of the molecule is CC1SC(=S)NN(c2ccccc2)C1=O. The highest BCUT2D eigenvalue weighted by Crippen LogP contribution is 2.23. The molecule has 1 aromatic carbocycles. The van der Waals surface area contributed by atoms with Crippen molar-refractivity contribution < 1.29 is 4.79 Å². The molecule has 1 saturated heterocycles. The molecule has 0 spiro atoms. The van der Waals surface area contributed by atoms with Crippen molar-refractivity contribution in [2.75, 3.05) is 5.01 Å². The van der Waals surface area contributed by atoms with Crippen LogP contribution in [0.15, 0.2) is 30.3 Å². The van der Waals surface area contributed by atoms with Crippen LogP contribution in [0.5, 0.6) is 0 Å². The Morgan fingerprint density at radius 3 is 2.73 bits per heavy atom. The van der Waals surface area contributed by atoms with Gasteiger partial charge in [0.25, 0.3) is 5.91 Å². The second kappa shape index (κ2) is 4.20. The van der Waals surface area contributed by atoms with Crippen LogP contribution < -0.4 is 10.4 Å². The zero-order valence-corrected chi connectivity index (χ0v) is 9.77. The second-order valence-corrected chi connectivity index (χ2v) is 5.19. The van der Waals surface area contributed by atoms with E-state index < -0.39 is 0 Å². The number of hydrogen-bond donors (Lipinski definition) is 1. The molecule has 1 heterocycles. The number of hydrogen-bond acceptors (Lipinski definition) is 3. The summed E-state index contributed by atoms with van der Waals surface area (Å²) in [5.41, 5.74) is 3.71. The fourth-order valence-corrected chi connectivity index (χ4v) is 2.53. The molecule has 1 N–H and O–H groups in total. The van der Waals surface area contributed by atoms with Crippen LogP contribution in [0.4, 0.5) is 5.69 Å². The van der Waals surface area contributed by atoms with E-state index in [4.69, 9.17) is 12.2 Å². The molecule has 1 amide bonds. The minimum absolute atomic E-state index is 0.0276. The number of para-hydroxylation sites is 1. The Labute approximate surface area is 97.8 Å². The summed E-state index contributed by atoms with van der Waals surface area (Å²) in [4.78, 5) is 11.9. The average molecular weight is 238 g/mol. The Morgan fingerprint density at radius 2 is 2.07 bits per heavy atom. The summed E-state index contributed by atoms with van der Waals surface area (Å²) < 4.78 is 0.631. The second-order valence-electron chi connectivity index (χ2n) is 3.17. The van der Waals surface area contributed by atoms with Crippen molar-refractivity contribution in [1.82, 2.24) is 5.43 Å². The third kappa shape index (κ3) is 2.13. The monoisotopic (exact) mass is 238 g/mol. The normalized spacial score (nSPS) is 21.4. The van der Waals surface area contributed by atoms with Crippen LogP contribution in [0.1, 0.15) is 6.92 Å².